The molecule has 2 N–H and O–H groups in total. The van der Waals surface area contributed by atoms with Crippen LogP contribution in [0.5, 0.6) is 0 Å². The molecule has 0 aromatic heterocycles. The SMILES string of the molecule is O[C@H](CNC1CCN(Cc2ccccc2)CC1)COC[C@@H]1CCCO1. The van der Waals surface area contributed by atoms with E-state index in [1.807, 2.05) is 0 Å². The summed E-state index contributed by atoms with van der Waals surface area (Å²) in [7, 11) is 0. The molecular weight excluding hydrogens is 316 g/mol. The summed E-state index contributed by atoms with van der Waals surface area (Å²) in [5.41, 5.74) is 1.38. The summed E-state index contributed by atoms with van der Waals surface area (Å²) in [6, 6.07) is 11.2. The minimum Gasteiger partial charge on any atom is -0.389 e. The van der Waals surface area contributed by atoms with Gasteiger partial charge in [-0.25, -0.2) is 0 Å². The quantitative estimate of drug-likeness (QED) is 0.713. The number of hydrogen-bond donors (Lipinski definition) is 2. The topological polar surface area (TPSA) is 54.0 Å². The molecule has 2 aliphatic rings. The van der Waals surface area contributed by atoms with Crippen LogP contribution in [-0.2, 0) is 16.0 Å². The normalized spacial score (nSPS) is 23.8. The Labute approximate surface area is 151 Å². The molecular formula is C20H32N2O3. The maximum absolute atomic E-state index is 10.1. The summed E-state index contributed by atoms with van der Waals surface area (Å²) < 4.78 is 11.1. The first-order valence-corrected chi connectivity index (χ1v) is 9.66. The number of ether oxygens (including phenoxy) is 2. The summed E-state index contributed by atoms with van der Waals surface area (Å²) in [6.07, 6.45) is 4.27. The molecule has 2 fully saturated rings. The molecule has 2 heterocycles. The standard InChI is InChI=1S/C20H32N2O3/c23-19(15-24-16-20-7-4-12-25-20)13-21-18-8-10-22(11-9-18)14-17-5-2-1-3-6-17/h1-3,5-6,18-21,23H,4,7-16H2/t19-,20+/m1/s1. The predicted octanol–water partition coefficient (Wildman–Crippen LogP) is 1.80. The van der Waals surface area contributed by atoms with E-state index in [1.54, 1.807) is 0 Å². The Morgan fingerprint density at radius 2 is 2.00 bits per heavy atom. The van der Waals surface area contributed by atoms with Crippen molar-refractivity contribution in [3.8, 4) is 0 Å². The van der Waals surface area contributed by atoms with Gasteiger partial charge in [0.1, 0.15) is 0 Å². The van der Waals surface area contributed by atoms with Gasteiger partial charge in [0.15, 0.2) is 0 Å². The molecule has 5 heteroatoms. The summed E-state index contributed by atoms with van der Waals surface area (Å²) in [5, 5.41) is 13.6. The molecule has 0 unspecified atom stereocenters. The second-order valence-electron chi connectivity index (χ2n) is 7.27. The first-order chi connectivity index (χ1) is 12.3. The average Bonchev–Trinajstić information content (AvgIpc) is 3.15. The second-order valence-corrected chi connectivity index (χ2v) is 7.27. The molecule has 2 atom stereocenters. The van der Waals surface area contributed by atoms with Crippen molar-refractivity contribution in [3.63, 3.8) is 0 Å². The number of hydrogen-bond acceptors (Lipinski definition) is 5. The van der Waals surface area contributed by atoms with E-state index in [2.05, 4.69) is 40.5 Å². The minimum atomic E-state index is -0.441. The molecule has 5 nitrogen and oxygen atoms in total. The molecule has 3 rings (SSSR count). The summed E-state index contributed by atoms with van der Waals surface area (Å²) in [6.45, 7) is 5.70. The number of nitrogens with one attached hydrogen (secondary N) is 1. The lowest BCUT2D eigenvalue weighted by molar-refractivity contribution is -0.0173. The molecule has 0 spiro atoms. The van der Waals surface area contributed by atoms with Crippen LogP contribution in [0, 0.1) is 0 Å². The molecule has 140 valence electrons. The average molecular weight is 348 g/mol. The van der Waals surface area contributed by atoms with E-state index in [0.717, 1.165) is 51.9 Å². The third kappa shape index (κ3) is 6.68. The highest BCUT2D eigenvalue weighted by Gasteiger charge is 2.20. The van der Waals surface area contributed by atoms with Crippen molar-refractivity contribution in [2.75, 3.05) is 39.5 Å². The third-order valence-corrected chi connectivity index (χ3v) is 5.12. The van der Waals surface area contributed by atoms with Crippen LogP contribution in [0.25, 0.3) is 0 Å². The van der Waals surface area contributed by atoms with E-state index in [1.165, 1.54) is 5.56 Å². The van der Waals surface area contributed by atoms with Crippen LogP contribution in [0.3, 0.4) is 0 Å². The molecule has 0 amide bonds. The molecule has 0 radical (unpaired) electrons. The largest absolute Gasteiger partial charge is 0.389 e. The van der Waals surface area contributed by atoms with Crippen LogP contribution in [0.1, 0.15) is 31.2 Å². The monoisotopic (exact) mass is 348 g/mol. The second kappa shape index (κ2) is 10.2. The van der Waals surface area contributed by atoms with E-state index in [-0.39, 0.29) is 6.10 Å². The Bertz CT molecular complexity index is 471. The van der Waals surface area contributed by atoms with Gasteiger partial charge >= 0.3 is 0 Å². The summed E-state index contributed by atoms with van der Waals surface area (Å²) in [4.78, 5) is 2.51. The van der Waals surface area contributed by atoms with Crippen molar-refractivity contribution in [3.05, 3.63) is 35.9 Å². The summed E-state index contributed by atoms with van der Waals surface area (Å²) >= 11 is 0. The van der Waals surface area contributed by atoms with Gasteiger partial charge < -0.3 is 19.9 Å². The van der Waals surface area contributed by atoms with E-state index in [9.17, 15) is 5.11 Å². The Hall–Kier alpha value is -0.980. The van der Waals surface area contributed by atoms with E-state index < -0.39 is 6.10 Å². The van der Waals surface area contributed by atoms with Gasteiger partial charge in [0.25, 0.3) is 0 Å². The fourth-order valence-corrected chi connectivity index (χ4v) is 3.61. The van der Waals surface area contributed by atoms with Gasteiger partial charge in [-0.15, -0.1) is 0 Å². The van der Waals surface area contributed by atoms with Crippen molar-refractivity contribution >= 4 is 0 Å². The lowest BCUT2D eigenvalue weighted by Gasteiger charge is -2.33. The fourth-order valence-electron chi connectivity index (χ4n) is 3.61. The van der Waals surface area contributed by atoms with E-state index in [0.29, 0.717) is 25.8 Å². The zero-order valence-corrected chi connectivity index (χ0v) is 15.1. The van der Waals surface area contributed by atoms with Gasteiger partial charge in [0, 0.05) is 25.7 Å². The van der Waals surface area contributed by atoms with Crippen molar-refractivity contribution in [2.45, 2.75) is 50.5 Å². The maximum atomic E-state index is 10.1. The number of nitrogens with zero attached hydrogens (tertiary/aromatic N) is 1. The number of benzene rings is 1. The van der Waals surface area contributed by atoms with Gasteiger partial charge in [-0.2, -0.15) is 0 Å². The summed E-state index contributed by atoms with van der Waals surface area (Å²) in [5.74, 6) is 0. The van der Waals surface area contributed by atoms with Gasteiger partial charge in [0.2, 0.25) is 0 Å². The number of likely N-dealkylation sites (tertiary alicyclic amines) is 1. The Kier molecular flexibility index (Phi) is 7.70. The van der Waals surface area contributed by atoms with Gasteiger partial charge in [0.05, 0.1) is 25.4 Å². The predicted molar refractivity (Wildman–Crippen MR) is 98.5 cm³/mol. The molecule has 0 aliphatic carbocycles. The first kappa shape index (κ1) is 18.8. The van der Waals surface area contributed by atoms with Crippen molar-refractivity contribution < 1.29 is 14.6 Å². The molecule has 0 saturated carbocycles. The number of aliphatic hydroxyl groups excluding tert-OH is 1. The number of aliphatic hydroxyl groups is 1. The van der Waals surface area contributed by atoms with Gasteiger partial charge in [-0.05, 0) is 44.3 Å². The van der Waals surface area contributed by atoms with Gasteiger partial charge in [-0.1, -0.05) is 30.3 Å². The van der Waals surface area contributed by atoms with Crippen LogP contribution in [0.2, 0.25) is 0 Å². The molecule has 2 saturated heterocycles. The Morgan fingerprint density at radius 3 is 2.72 bits per heavy atom. The van der Waals surface area contributed by atoms with Crippen molar-refractivity contribution in [2.24, 2.45) is 0 Å². The highest BCUT2D eigenvalue weighted by Crippen LogP contribution is 2.14. The molecule has 2 aliphatic heterocycles. The highest BCUT2D eigenvalue weighted by molar-refractivity contribution is 5.14. The smallest absolute Gasteiger partial charge is 0.0897 e. The third-order valence-electron chi connectivity index (χ3n) is 5.12. The van der Waals surface area contributed by atoms with Crippen molar-refractivity contribution in [1.29, 1.82) is 0 Å². The van der Waals surface area contributed by atoms with Crippen LogP contribution < -0.4 is 5.32 Å². The fraction of sp³-hybridized carbons (Fsp3) is 0.700. The molecule has 1 aromatic rings. The van der Waals surface area contributed by atoms with Crippen molar-refractivity contribution in [1.82, 2.24) is 10.2 Å². The van der Waals surface area contributed by atoms with Crippen LogP contribution in [0.4, 0.5) is 0 Å². The minimum absolute atomic E-state index is 0.231. The first-order valence-electron chi connectivity index (χ1n) is 9.66. The van der Waals surface area contributed by atoms with E-state index in [4.69, 9.17) is 9.47 Å². The van der Waals surface area contributed by atoms with E-state index >= 15 is 0 Å². The number of rotatable bonds is 9. The lowest BCUT2D eigenvalue weighted by atomic mass is 10.0. The molecule has 1 aromatic carbocycles. The highest BCUT2D eigenvalue weighted by atomic mass is 16.5. The van der Waals surface area contributed by atoms with Crippen LogP contribution in [-0.4, -0.2) is 67.7 Å². The lowest BCUT2D eigenvalue weighted by Crippen LogP contribution is -2.45. The Morgan fingerprint density at radius 1 is 1.20 bits per heavy atom. The van der Waals surface area contributed by atoms with Gasteiger partial charge in [-0.3, -0.25) is 4.90 Å². The van der Waals surface area contributed by atoms with Crippen LogP contribution in [0.15, 0.2) is 30.3 Å². The van der Waals surface area contributed by atoms with Crippen LogP contribution >= 0.6 is 0 Å². The maximum Gasteiger partial charge on any atom is 0.0897 e. The molecule has 25 heavy (non-hydrogen) atoms. The molecule has 0 bridgehead atoms. The number of piperidine rings is 1. The zero-order chi connectivity index (χ0) is 17.3. The zero-order valence-electron chi connectivity index (χ0n) is 15.1. The Balaban J connectivity index is 1.24.